The summed E-state index contributed by atoms with van der Waals surface area (Å²) in [7, 11) is 1.51. The third kappa shape index (κ3) is 2.72. The Labute approximate surface area is 158 Å². The van der Waals surface area contributed by atoms with Crippen LogP contribution in [0.4, 0.5) is 14.5 Å². The van der Waals surface area contributed by atoms with Crippen LogP contribution in [-0.4, -0.2) is 15.7 Å². The molecule has 136 valence electrons. The molecule has 2 aliphatic carbocycles. The third-order valence-corrected chi connectivity index (χ3v) is 5.62. The summed E-state index contributed by atoms with van der Waals surface area (Å²) < 4.78 is 27.8. The Hall–Kier alpha value is -1.92. The highest BCUT2D eigenvalue weighted by Crippen LogP contribution is 2.59. The highest BCUT2D eigenvalue weighted by atomic mass is 35.5. The number of carbonyl (C=O) groups is 1. The molecule has 26 heavy (non-hydrogen) atoms. The number of halogens is 4. The van der Waals surface area contributed by atoms with Crippen molar-refractivity contribution in [2.75, 3.05) is 5.32 Å². The molecule has 1 aromatic carbocycles. The average Bonchev–Trinajstić information content (AvgIpc) is 3.27. The van der Waals surface area contributed by atoms with Gasteiger partial charge >= 0.3 is 0 Å². The van der Waals surface area contributed by atoms with Gasteiger partial charge in [-0.15, -0.1) is 0 Å². The highest BCUT2D eigenvalue weighted by Gasteiger charge is 2.43. The Balaban J connectivity index is 1.67. The number of alkyl halides is 2. The second-order valence-electron chi connectivity index (χ2n) is 6.64. The number of carbonyl (C=O) groups excluding carboxylic acids is 1. The van der Waals surface area contributed by atoms with Gasteiger partial charge in [0.1, 0.15) is 10.2 Å². The summed E-state index contributed by atoms with van der Waals surface area (Å²) in [5.74, 6) is -0.208. The zero-order valence-corrected chi connectivity index (χ0v) is 15.3. The van der Waals surface area contributed by atoms with Crippen LogP contribution in [-0.2, 0) is 7.05 Å². The highest BCUT2D eigenvalue weighted by molar-refractivity contribution is 6.56. The predicted octanol–water partition coefficient (Wildman–Crippen LogP) is 5.27. The average molecular weight is 398 g/mol. The molecular weight excluding hydrogens is 383 g/mol. The van der Waals surface area contributed by atoms with Gasteiger partial charge in [0.15, 0.2) is 0 Å². The Morgan fingerprint density at radius 1 is 1.38 bits per heavy atom. The molecule has 2 atom stereocenters. The number of rotatable bonds is 3. The lowest BCUT2D eigenvalue weighted by atomic mass is 9.87. The van der Waals surface area contributed by atoms with Crippen LogP contribution in [0.1, 0.15) is 58.3 Å². The molecular formula is C18H15Cl2F2N3O. The molecule has 0 saturated heterocycles. The van der Waals surface area contributed by atoms with Gasteiger partial charge in [-0.05, 0) is 41.5 Å². The van der Waals surface area contributed by atoms with E-state index in [9.17, 15) is 13.6 Å². The number of hydrogen-bond acceptors (Lipinski definition) is 2. The maximum absolute atomic E-state index is 13.1. The van der Waals surface area contributed by atoms with Crippen LogP contribution >= 0.6 is 23.2 Å². The number of nitrogens with one attached hydrogen (secondary N) is 1. The Kier molecular flexibility index (Phi) is 4.28. The third-order valence-electron chi connectivity index (χ3n) is 5.13. The van der Waals surface area contributed by atoms with Crippen LogP contribution in [0.25, 0.3) is 0 Å². The lowest BCUT2D eigenvalue weighted by molar-refractivity contribution is 0.101. The molecule has 2 bridgehead atoms. The second-order valence-corrected chi connectivity index (χ2v) is 7.59. The topological polar surface area (TPSA) is 46.9 Å². The van der Waals surface area contributed by atoms with Gasteiger partial charge in [-0.3, -0.25) is 9.48 Å². The fraction of sp³-hybridized carbons (Fsp3) is 0.333. The zero-order valence-electron chi connectivity index (χ0n) is 13.8. The fourth-order valence-electron chi connectivity index (χ4n) is 4.14. The van der Waals surface area contributed by atoms with Crippen LogP contribution in [0, 0.1) is 0 Å². The number of nitrogens with zero attached hydrogens (tertiary/aromatic N) is 2. The molecule has 1 amide bonds. The van der Waals surface area contributed by atoms with Gasteiger partial charge in [-0.2, -0.15) is 5.10 Å². The summed E-state index contributed by atoms with van der Waals surface area (Å²) in [5.41, 5.74) is 3.18. The minimum Gasteiger partial charge on any atom is -0.322 e. The minimum atomic E-state index is -2.81. The van der Waals surface area contributed by atoms with E-state index in [1.165, 1.54) is 17.9 Å². The van der Waals surface area contributed by atoms with E-state index < -0.39 is 18.0 Å². The monoisotopic (exact) mass is 397 g/mol. The Morgan fingerprint density at radius 2 is 2.15 bits per heavy atom. The van der Waals surface area contributed by atoms with Gasteiger partial charge in [0.2, 0.25) is 0 Å². The SMILES string of the molecule is Cn1cc(C(=O)Nc2cccc3c2[C@H]2CC(=C(Cl)Cl)[C@H]3C2)c(C(F)F)n1. The maximum Gasteiger partial charge on any atom is 0.282 e. The lowest BCUT2D eigenvalue weighted by Crippen LogP contribution is -2.16. The van der Waals surface area contributed by atoms with E-state index in [1.807, 2.05) is 12.1 Å². The summed E-state index contributed by atoms with van der Waals surface area (Å²) in [5, 5.41) is 6.47. The largest absolute Gasteiger partial charge is 0.322 e. The van der Waals surface area contributed by atoms with Crippen molar-refractivity contribution in [3.05, 3.63) is 56.8 Å². The van der Waals surface area contributed by atoms with Crippen molar-refractivity contribution in [3.63, 3.8) is 0 Å². The van der Waals surface area contributed by atoms with E-state index in [2.05, 4.69) is 10.4 Å². The van der Waals surface area contributed by atoms with E-state index in [0.29, 0.717) is 10.2 Å². The normalized spacial score (nSPS) is 20.6. The molecule has 1 saturated carbocycles. The number of aryl methyl sites for hydroxylation is 1. The number of hydrogen-bond donors (Lipinski definition) is 1. The number of benzene rings is 1. The molecule has 0 radical (unpaired) electrons. The molecule has 1 N–H and O–H groups in total. The zero-order chi connectivity index (χ0) is 18.6. The van der Waals surface area contributed by atoms with Gasteiger partial charge in [0.25, 0.3) is 12.3 Å². The van der Waals surface area contributed by atoms with Crippen LogP contribution in [0.2, 0.25) is 0 Å². The smallest absolute Gasteiger partial charge is 0.282 e. The van der Waals surface area contributed by atoms with Crippen molar-refractivity contribution in [2.24, 2.45) is 7.05 Å². The van der Waals surface area contributed by atoms with E-state index in [4.69, 9.17) is 23.2 Å². The summed E-state index contributed by atoms with van der Waals surface area (Å²) in [6, 6.07) is 5.63. The molecule has 1 aromatic heterocycles. The van der Waals surface area contributed by atoms with E-state index in [0.717, 1.165) is 29.5 Å². The van der Waals surface area contributed by atoms with E-state index >= 15 is 0 Å². The summed E-state index contributed by atoms with van der Waals surface area (Å²) in [6.45, 7) is 0. The number of anilines is 1. The lowest BCUT2D eigenvalue weighted by Gasteiger charge is -2.21. The minimum absolute atomic E-state index is 0.118. The molecule has 8 heteroatoms. The van der Waals surface area contributed by atoms with Gasteiger partial charge in [0, 0.05) is 24.8 Å². The molecule has 0 spiro atoms. The Morgan fingerprint density at radius 3 is 2.85 bits per heavy atom. The van der Waals surface area contributed by atoms with Gasteiger partial charge < -0.3 is 5.32 Å². The first-order valence-electron chi connectivity index (χ1n) is 8.16. The van der Waals surface area contributed by atoms with Crippen LogP contribution in [0.3, 0.4) is 0 Å². The van der Waals surface area contributed by atoms with Crippen molar-refractivity contribution >= 4 is 34.8 Å². The van der Waals surface area contributed by atoms with Crippen LogP contribution in [0.5, 0.6) is 0 Å². The summed E-state index contributed by atoms with van der Waals surface area (Å²) in [4.78, 5) is 12.6. The molecule has 0 aliphatic heterocycles. The van der Waals surface area contributed by atoms with E-state index in [1.54, 1.807) is 6.07 Å². The van der Waals surface area contributed by atoms with Gasteiger partial charge in [-0.1, -0.05) is 35.3 Å². The molecule has 2 aliphatic rings. The quantitative estimate of drug-likeness (QED) is 0.766. The van der Waals surface area contributed by atoms with Crippen LogP contribution < -0.4 is 5.32 Å². The fourth-order valence-corrected chi connectivity index (χ4v) is 4.56. The summed E-state index contributed by atoms with van der Waals surface area (Å²) in [6.07, 6.45) is 0.144. The first-order valence-corrected chi connectivity index (χ1v) is 8.92. The van der Waals surface area contributed by atoms with Crippen molar-refractivity contribution in [1.29, 1.82) is 0 Å². The van der Waals surface area contributed by atoms with Crippen LogP contribution in [0.15, 0.2) is 34.5 Å². The number of aromatic nitrogens is 2. The standard InChI is InChI=1S/C18H15Cl2F2N3O/c1-25-7-12(15(24-25)17(21)22)18(26)23-13-4-2-3-9-10-5-8(14(9)13)6-11(10)16(19)20/h2-4,7-8,10,17H,5-6H2,1H3,(H,23,26)/t8-,10+/m1/s1. The van der Waals surface area contributed by atoms with Crippen molar-refractivity contribution in [3.8, 4) is 0 Å². The van der Waals surface area contributed by atoms with Gasteiger partial charge in [-0.25, -0.2) is 8.78 Å². The Bertz CT molecular complexity index is 935. The van der Waals surface area contributed by atoms with Crippen molar-refractivity contribution < 1.29 is 13.6 Å². The number of fused-ring (bicyclic) bond motifs is 5. The maximum atomic E-state index is 13.1. The molecule has 4 rings (SSSR count). The van der Waals surface area contributed by atoms with Crippen molar-refractivity contribution in [1.82, 2.24) is 9.78 Å². The second kappa shape index (κ2) is 6.35. The molecule has 4 nitrogen and oxygen atoms in total. The summed E-state index contributed by atoms with van der Waals surface area (Å²) >= 11 is 12.0. The number of allylic oxidation sites excluding steroid dienone is 1. The molecule has 1 heterocycles. The first kappa shape index (κ1) is 17.5. The predicted molar refractivity (Wildman–Crippen MR) is 96.0 cm³/mol. The first-order chi connectivity index (χ1) is 12.4. The molecule has 1 fully saturated rings. The van der Waals surface area contributed by atoms with E-state index in [-0.39, 0.29) is 17.4 Å². The molecule has 0 unspecified atom stereocenters. The number of amides is 1. The van der Waals surface area contributed by atoms with Gasteiger partial charge in [0.05, 0.1) is 5.56 Å². The molecule has 2 aromatic rings. The van der Waals surface area contributed by atoms with Crippen molar-refractivity contribution in [2.45, 2.75) is 31.1 Å².